The molecule has 0 fully saturated rings. The van der Waals surface area contributed by atoms with Crippen molar-refractivity contribution in [1.29, 1.82) is 0 Å². The molecule has 0 bridgehead atoms. The number of nitrogens with zero attached hydrogens (tertiary/aromatic N) is 2. The molecule has 0 atom stereocenters. The molecule has 0 saturated carbocycles. The van der Waals surface area contributed by atoms with E-state index in [9.17, 15) is 0 Å². The molecule has 1 aromatic carbocycles. The van der Waals surface area contributed by atoms with Gasteiger partial charge in [-0.3, -0.25) is 4.98 Å². The first-order valence-corrected chi connectivity index (χ1v) is 5.67. The highest BCUT2D eigenvalue weighted by molar-refractivity contribution is 5.99. The topological polar surface area (TPSA) is 17.3 Å². The fourth-order valence-corrected chi connectivity index (χ4v) is 2.44. The number of aromatic nitrogens is 2. The van der Waals surface area contributed by atoms with Crippen molar-refractivity contribution in [2.75, 3.05) is 0 Å². The molecule has 80 valence electrons. The first kappa shape index (κ1) is 8.76. The summed E-state index contributed by atoms with van der Waals surface area (Å²) in [5, 5.41) is 2.44. The maximum atomic E-state index is 4.48. The molecule has 3 heterocycles. The van der Waals surface area contributed by atoms with Gasteiger partial charge in [-0.1, -0.05) is 24.3 Å². The first-order chi connectivity index (χ1) is 8.43. The van der Waals surface area contributed by atoms with Gasteiger partial charge in [0.05, 0.1) is 16.6 Å². The number of hydrogen-bond acceptors (Lipinski definition) is 1. The van der Waals surface area contributed by atoms with E-state index >= 15 is 0 Å². The maximum absolute atomic E-state index is 4.48. The molecule has 0 spiro atoms. The first-order valence-electron chi connectivity index (χ1n) is 5.67. The lowest BCUT2D eigenvalue weighted by molar-refractivity contribution is 1.25. The Hall–Kier alpha value is -2.35. The Balaban J connectivity index is 2.34. The third-order valence-electron chi connectivity index (χ3n) is 3.23. The molecule has 0 radical (unpaired) electrons. The van der Waals surface area contributed by atoms with Crippen LogP contribution in [0.4, 0.5) is 0 Å². The van der Waals surface area contributed by atoms with Crippen LogP contribution in [0.3, 0.4) is 0 Å². The molecule has 2 heteroatoms. The van der Waals surface area contributed by atoms with Crippen molar-refractivity contribution < 1.29 is 0 Å². The Kier molecular flexibility index (Phi) is 1.59. The average molecular weight is 218 g/mol. The molecule has 2 nitrogen and oxygen atoms in total. The zero-order valence-electron chi connectivity index (χ0n) is 9.17. The number of benzene rings is 1. The molecule has 0 aliphatic heterocycles. The Morgan fingerprint density at radius 3 is 2.71 bits per heavy atom. The summed E-state index contributed by atoms with van der Waals surface area (Å²) in [5.74, 6) is 0. The Labute approximate surface area is 98.1 Å². The minimum absolute atomic E-state index is 1.06. The van der Waals surface area contributed by atoms with Crippen LogP contribution in [-0.4, -0.2) is 9.38 Å². The summed E-state index contributed by atoms with van der Waals surface area (Å²) in [5.41, 5.74) is 3.46. The quantitative estimate of drug-likeness (QED) is 0.440. The van der Waals surface area contributed by atoms with Crippen molar-refractivity contribution in [2.45, 2.75) is 0 Å². The zero-order chi connectivity index (χ0) is 11.2. The minimum atomic E-state index is 1.06. The van der Waals surface area contributed by atoms with Gasteiger partial charge in [0.1, 0.15) is 0 Å². The van der Waals surface area contributed by atoms with Crippen LogP contribution in [0, 0.1) is 0 Å². The molecule has 0 amide bonds. The molecule has 3 aromatic heterocycles. The Morgan fingerprint density at radius 2 is 1.71 bits per heavy atom. The van der Waals surface area contributed by atoms with E-state index in [1.807, 2.05) is 12.3 Å². The van der Waals surface area contributed by atoms with Crippen molar-refractivity contribution in [3.8, 4) is 0 Å². The van der Waals surface area contributed by atoms with Crippen LogP contribution in [0.1, 0.15) is 0 Å². The predicted molar refractivity (Wildman–Crippen MR) is 70.2 cm³/mol. The van der Waals surface area contributed by atoms with Gasteiger partial charge in [-0.2, -0.15) is 0 Å². The van der Waals surface area contributed by atoms with Gasteiger partial charge in [0.2, 0.25) is 0 Å². The zero-order valence-corrected chi connectivity index (χ0v) is 9.17. The lowest BCUT2D eigenvalue weighted by Gasteiger charge is -2.00. The normalized spacial score (nSPS) is 11.5. The van der Waals surface area contributed by atoms with Gasteiger partial charge >= 0.3 is 0 Å². The van der Waals surface area contributed by atoms with Crippen LogP contribution in [0.5, 0.6) is 0 Å². The van der Waals surface area contributed by atoms with Crippen LogP contribution < -0.4 is 0 Å². The summed E-state index contributed by atoms with van der Waals surface area (Å²) in [6, 6.07) is 16.8. The van der Waals surface area contributed by atoms with Crippen molar-refractivity contribution in [3.63, 3.8) is 0 Å². The monoisotopic (exact) mass is 218 g/mol. The van der Waals surface area contributed by atoms with E-state index in [0.717, 1.165) is 5.52 Å². The van der Waals surface area contributed by atoms with E-state index in [0.29, 0.717) is 0 Å². The SMILES string of the molecule is c1cnc2c(c1)ccn1c3ccccc3cc21. The molecule has 0 saturated heterocycles. The van der Waals surface area contributed by atoms with Gasteiger partial charge in [0.25, 0.3) is 0 Å². The molecule has 0 aliphatic rings. The van der Waals surface area contributed by atoms with Gasteiger partial charge in [-0.25, -0.2) is 0 Å². The van der Waals surface area contributed by atoms with Crippen LogP contribution in [0.15, 0.2) is 60.9 Å². The van der Waals surface area contributed by atoms with Crippen molar-refractivity contribution in [2.24, 2.45) is 0 Å². The predicted octanol–water partition coefficient (Wildman–Crippen LogP) is 3.64. The summed E-state index contributed by atoms with van der Waals surface area (Å²) in [4.78, 5) is 4.48. The second kappa shape index (κ2) is 3.08. The van der Waals surface area contributed by atoms with E-state index in [2.05, 4.69) is 58.0 Å². The van der Waals surface area contributed by atoms with Crippen LogP contribution in [0.25, 0.3) is 27.3 Å². The second-order valence-corrected chi connectivity index (χ2v) is 4.22. The molecule has 0 N–H and O–H groups in total. The van der Waals surface area contributed by atoms with Gasteiger partial charge in [-0.05, 0) is 24.3 Å². The third kappa shape index (κ3) is 1.12. The summed E-state index contributed by atoms with van der Waals surface area (Å²) in [6.45, 7) is 0. The third-order valence-corrected chi connectivity index (χ3v) is 3.23. The number of hydrogen-bond donors (Lipinski definition) is 0. The number of para-hydroxylation sites is 1. The molecular formula is C15H10N2. The number of rotatable bonds is 0. The van der Waals surface area contributed by atoms with Crippen molar-refractivity contribution in [1.82, 2.24) is 9.38 Å². The summed E-state index contributed by atoms with van der Waals surface area (Å²) < 4.78 is 2.20. The Bertz CT molecular complexity index is 843. The summed E-state index contributed by atoms with van der Waals surface area (Å²) in [7, 11) is 0. The van der Waals surface area contributed by atoms with Gasteiger partial charge in [0.15, 0.2) is 0 Å². The molecule has 4 aromatic rings. The van der Waals surface area contributed by atoms with Crippen LogP contribution in [0.2, 0.25) is 0 Å². The highest BCUT2D eigenvalue weighted by atomic mass is 14.9. The van der Waals surface area contributed by atoms with E-state index < -0.39 is 0 Å². The molecule has 17 heavy (non-hydrogen) atoms. The lowest BCUT2D eigenvalue weighted by Crippen LogP contribution is -1.86. The molecule has 0 aliphatic carbocycles. The van der Waals surface area contributed by atoms with E-state index in [1.54, 1.807) is 0 Å². The van der Waals surface area contributed by atoms with E-state index in [1.165, 1.54) is 21.8 Å². The highest BCUT2D eigenvalue weighted by Crippen LogP contribution is 2.25. The average Bonchev–Trinajstić information content (AvgIpc) is 2.78. The fraction of sp³-hybridized carbons (Fsp3) is 0. The molecular weight excluding hydrogens is 208 g/mol. The fourth-order valence-electron chi connectivity index (χ4n) is 2.44. The van der Waals surface area contributed by atoms with Crippen molar-refractivity contribution >= 4 is 27.3 Å². The lowest BCUT2D eigenvalue weighted by atomic mass is 10.2. The van der Waals surface area contributed by atoms with Gasteiger partial charge in [0, 0.05) is 23.2 Å². The smallest absolute Gasteiger partial charge is 0.0942 e. The maximum Gasteiger partial charge on any atom is 0.0942 e. The van der Waals surface area contributed by atoms with Crippen LogP contribution in [-0.2, 0) is 0 Å². The van der Waals surface area contributed by atoms with Crippen LogP contribution >= 0.6 is 0 Å². The van der Waals surface area contributed by atoms with E-state index in [4.69, 9.17) is 0 Å². The number of pyridine rings is 2. The van der Waals surface area contributed by atoms with Gasteiger partial charge < -0.3 is 4.40 Å². The van der Waals surface area contributed by atoms with E-state index in [-0.39, 0.29) is 0 Å². The summed E-state index contributed by atoms with van der Waals surface area (Å²) >= 11 is 0. The molecule has 0 unspecified atom stereocenters. The number of fused-ring (bicyclic) bond motifs is 5. The standard InChI is InChI=1S/C15H10N2/c1-2-6-13-12(4-1)10-14-15-11(5-3-8-16-15)7-9-17(13)14/h1-10H. The second-order valence-electron chi connectivity index (χ2n) is 4.22. The largest absolute Gasteiger partial charge is 0.314 e. The summed E-state index contributed by atoms with van der Waals surface area (Å²) in [6.07, 6.45) is 3.96. The highest BCUT2D eigenvalue weighted by Gasteiger charge is 2.05. The van der Waals surface area contributed by atoms with Gasteiger partial charge in [-0.15, -0.1) is 0 Å². The minimum Gasteiger partial charge on any atom is -0.314 e. The molecule has 4 rings (SSSR count). The Morgan fingerprint density at radius 1 is 0.824 bits per heavy atom. The van der Waals surface area contributed by atoms with Crippen molar-refractivity contribution in [3.05, 3.63) is 60.9 Å².